The summed E-state index contributed by atoms with van der Waals surface area (Å²) in [6.45, 7) is 1.74. The molecule has 0 unspecified atom stereocenters. The molecule has 0 saturated heterocycles. The predicted octanol–water partition coefficient (Wildman–Crippen LogP) is 3.10. The van der Waals surface area contributed by atoms with Crippen LogP contribution in [-0.4, -0.2) is 22.4 Å². The van der Waals surface area contributed by atoms with Gasteiger partial charge in [0.25, 0.3) is 11.6 Å². The Morgan fingerprint density at radius 2 is 1.63 bits per heavy atom. The van der Waals surface area contributed by atoms with Gasteiger partial charge >= 0.3 is 0 Å². The molecular weight excluding hydrogens is 348 g/mol. The molecule has 1 saturated carbocycles. The number of rotatable bonds is 6. The maximum Gasteiger partial charge on any atom is 0.271 e. The van der Waals surface area contributed by atoms with Crippen LogP contribution in [0, 0.1) is 16.0 Å². The maximum absolute atomic E-state index is 12.1. The van der Waals surface area contributed by atoms with Gasteiger partial charge in [-0.25, -0.2) is 5.43 Å². The van der Waals surface area contributed by atoms with Gasteiger partial charge in [-0.05, 0) is 49.6 Å². The summed E-state index contributed by atoms with van der Waals surface area (Å²) in [6, 6.07) is 12.4. The van der Waals surface area contributed by atoms with Gasteiger partial charge in [-0.1, -0.05) is 12.1 Å². The second kappa shape index (κ2) is 7.77. The fourth-order valence-corrected chi connectivity index (χ4v) is 2.38. The molecule has 2 N–H and O–H groups in total. The van der Waals surface area contributed by atoms with E-state index in [0.717, 1.165) is 24.1 Å². The number of benzene rings is 2. The molecule has 8 heteroatoms. The number of nitro benzene ring substituents is 1. The van der Waals surface area contributed by atoms with Crippen molar-refractivity contribution in [3.05, 3.63) is 69.8 Å². The third-order valence-electron chi connectivity index (χ3n) is 4.18. The molecule has 1 aliphatic carbocycles. The van der Waals surface area contributed by atoms with Crippen LogP contribution in [0.1, 0.15) is 35.7 Å². The minimum absolute atomic E-state index is 0.0449. The smallest absolute Gasteiger partial charge is 0.271 e. The quantitative estimate of drug-likeness (QED) is 0.464. The Kier molecular flexibility index (Phi) is 5.25. The number of amides is 2. The SMILES string of the molecule is C/C(=N/NC(=O)c1ccc([N+](=O)[O-])cc1)c1ccc(NC(=O)C2CC2)cc1. The number of non-ortho nitro benzene ring substituents is 1. The molecular formula is C19H18N4O4. The zero-order chi connectivity index (χ0) is 19.4. The Morgan fingerprint density at radius 1 is 1.04 bits per heavy atom. The molecule has 3 rings (SSSR count). The van der Waals surface area contributed by atoms with E-state index in [2.05, 4.69) is 15.8 Å². The van der Waals surface area contributed by atoms with Crippen molar-refractivity contribution in [2.75, 3.05) is 5.32 Å². The van der Waals surface area contributed by atoms with Crippen LogP contribution in [0.25, 0.3) is 0 Å². The van der Waals surface area contributed by atoms with Crippen LogP contribution < -0.4 is 10.7 Å². The molecule has 0 aliphatic heterocycles. The second-order valence-electron chi connectivity index (χ2n) is 6.28. The zero-order valence-electron chi connectivity index (χ0n) is 14.6. The fourth-order valence-electron chi connectivity index (χ4n) is 2.38. The van der Waals surface area contributed by atoms with Crippen LogP contribution in [0.4, 0.5) is 11.4 Å². The van der Waals surface area contributed by atoms with E-state index in [0.29, 0.717) is 5.71 Å². The molecule has 0 heterocycles. The summed E-state index contributed by atoms with van der Waals surface area (Å²) in [4.78, 5) is 33.9. The van der Waals surface area contributed by atoms with Gasteiger partial charge in [0.2, 0.25) is 5.91 Å². The van der Waals surface area contributed by atoms with Gasteiger partial charge in [0, 0.05) is 29.3 Å². The molecule has 0 spiro atoms. The largest absolute Gasteiger partial charge is 0.326 e. The molecule has 0 bridgehead atoms. The van der Waals surface area contributed by atoms with Gasteiger partial charge in [-0.2, -0.15) is 5.10 Å². The average Bonchev–Trinajstić information content (AvgIpc) is 3.52. The van der Waals surface area contributed by atoms with Gasteiger partial charge in [-0.3, -0.25) is 19.7 Å². The van der Waals surface area contributed by atoms with Crippen molar-refractivity contribution in [3.8, 4) is 0 Å². The predicted molar refractivity (Wildman–Crippen MR) is 101 cm³/mol. The van der Waals surface area contributed by atoms with Crippen molar-refractivity contribution in [3.63, 3.8) is 0 Å². The number of nitrogens with zero attached hydrogens (tertiary/aromatic N) is 2. The highest BCUT2D eigenvalue weighted by atomic mass is 16.6. The number of anilines is 1. The van der Waals surface area contributed by atoms with Crippen LogP contribution in [0.5, 0.6) is 0 Å². The Labute approximate surface area is 155 Å². The number of carbonyl (C=O) groups is 2. The monoisotopic (exact) mass is 366 g/mol. The first kappa shape index (κ1) is 18.2. The van der Waals surface area contributed by atoms with Gasteiger partial charge < -0.3 is 5.32 Å². The molecule has 1 fully saturated rings. The summed E-state index contributed by atoms with van der Waals surface area (Å²) in [5.41, 5.74) is 4.72. The normalized spacial score (nSPS) is 13.7. The molecule has 138 valence electrons. The van der Waals surface area contributed by atoms with Crippen molar-refractivity contribution in [2.45, 2.75) is 19.8 Å². The summed E-state index contributed by atoms with van der Waals surface area (Å²) in [5.74, 6) is -0.274. The van der Waals surface area contributed by atoms with Gasteiger partial charge in [0.05, 0.1) is 10.6 Å². The van der Waals surface area contributed by atoms with E-state index in [4.69, 9.17) is 0 Å². The highest BCUT2D eigenvalue weighted by Gasteiger charge is 2.29. The first-order valence-corrected chi connectivity index (χ1v) is 8.44. The number of hydrogen-bond donors (Lipinski definition) is 2. The van der Waals surface area contributed by atoms with Crippen molar-refractivity contribution in [1.29, 1.82) is 0 Å². The minimum atomic E-state index is -0.527. The lowest BCUT2D eigenvalue weighted by Crippen LogP contribution is -2.19. The Morgan fingerprint density at radius 3 is 2.19 bits per heavy atom. The third kappa shape index (κ3) is 4.75. The van der Waals surface area contributed by atoms with Gasteiger partial charge in [0.15, 0.2) is 0 Å². The van der Waals surface area contributed by atoms with Crippen molar-refractivity contribution in [2.24, 2.45) is 11.0 Å². The van der Waals surface area contributed by atoms with Crippen LogP contribution >= 0.6 is 0 Å². The van der Waals surface area contributed by atoms with Crippen molar-refractivity contribution < 1.29 is 14.5 Å². The summed E-state index contributed by atoms with van der Waals surface area (Å²) in [5, 5.41) is 17.5. The van der Waals surface area contributed by atoms with E-state index < -0.39 is 10.8 Å². The molecule has 1 aliphatic rings. The van der Waals surface area contributed by atoms with Crippen molar-refractivity contribution in [1.82, 2.24) is 5.43 Å². The molecule has 8 nitrogen and oxygen atoms in total. The van der Waals surface area contributed by atoms with E-state index in [1.165, 1.54) is 24.3 Å². The topological polar surface area (TPSA) is 114 Å². The number of hydrazone groups is 1. The number of carbonyl (C=O) groups excluding carboxylic acids is 2. The second-order valence-corrected chi connectivity index (χ2v) is 6.28. The molecule has 0 radical (unpaired) electrons. The third-order valence-corrected chi connectivity index (χ3v) is 4.18. The lowest BCUT2D eigenvalue weighted by molar-refractivity contribution is -0.384. The minimum Gasteiger partial charge on any atom is -0.326 e. The Bertz CT molecular complexity index is 900. The van der Waals surface area contributed by atoms with Gasteiger partial charge in [0.1, 0.15) is 0 Å². The molecule has 0 aromatic heterocycles. The molecule has 2 aromatic rings. The summed E-state index contributed by atoms with van der Waals surface area (Å²) < 4.78 is 0. The number of nitrogens with one attached hydrogen (secondary N) is 2. The number of hydrogen-bond acceptors (Lipinski definition) is 5. The van der Waals surface area contributed by atoms with Crippen LogP contribution in [0.15, 0.2) is 53.6 Å². The van der Waals surface area contributed by atoms with Crippen LogP contribution in [0.3, 0.4) is 0 Å². The summed E-state index contributed by atoms with van der Waals surface area (Å²) >= 11 is 0. The van der Waals surface area contributed by atoms with E-state index in [-0.39, 0.29) is 23.1 Å². The average molecular weight is 366 g/mol. The molecule has 0 atom stereocenters. The van der Waals surface area contributed by atoms with Crippen molar-refractivity contribution >= 4 is 28.9 Å². The van der Waals surface area contributed by atoms with E-state index in [1.54, 1.807) is 31.2 Å². The van der Waals surface area contributed by atoms with Crippen LogP contribution in [0.2, 0.25) is 0 Å². The Hall–Kier alpha value is -3.55. The summed E-state index contributed by atoms with van der Waals surface area (Å²) in [7, 11) is 0. The maximum atomic E-state index is 12.1. The molecule has 2 aromatic carbocycles. The first-order valence-electron chi connectivity index (χ1n) is 8.44. The Balaban J connectivity index is 1.60. The van der Waals surface area contributed by atoms with E-state index in [1.807, 2.05) is 0 Å². The highest BCUT2D eigenvalue weighted by Crippen LogP contribution is 2.30. The standard InChI is InChI=1S/C19H18N4O4/c1-12(13-4-8-16(9-5-13)20-18(24)14-2-3-14)21-22-19(25)15-6-10-17(11-7-15)23(26)27/h4-11,14H,2-3H2,1H3,(H,20,24)(H,22,25)/b21-12-. The lowest BCUT2D eigenvalue weighted by Gasteiger charge is -2.06. The number of nitro groups is 1. The first-order chi connectivity index (χ1) is 12.9. The summed E-state index contributed by atoms with van der Waals surface area (Å²) in [6.07, 6.45) is 1.90. The van der Waals surface area contributed by atoms with E-state index >= 15 is 0 Å². The molecule has 2 amide bonds. The van der Waals surface area contributed by atoms with Crippen LogP contribution in [-0.2, 0) is 4.79 Å². The van der Waals surface area contributed by atoms with Gasteiger partial charge in [-0.15, -0.1) is 0 Å². The molecule has 27 heavy (non-hydrogen) atoms. The van der Waals surface area contributed by atoms with E-state index in [9.17, 15) is 19.7 Å². The highest BCUT2D eigenvalue weighted by molar-refractivity contribution is 6.01. The lowest BCUT2D eigenvalue weighted by atomic mass is 10.1. The zero-order valence-corrected chi connectivity index (χ0v) is 14.6. The fraction of sp³-hybridized carbons (Fsp3) is 0.211.